The van der Waals surface area contributed by atoms with E-state index in [2.05, 4.69) is 40.9 Å². The molecule has 0 fully saturated rings. The van der Waals surface area contributed by atoms with E-state index in [-0.39, 0.29) is 53.8 Å². The normalized spacial score (nSPS) is 16.9. The molecule has 31 heavy (non-hydrogen) atoms. The highest BCUT2D eigenvalue weighted by Gasteiger charge is 2.33. The minimum absolute atomic E-state index is 0. The van der Waals surface area contributed by atoms with Gasteiger partial charge in [-0.15, -0.1) is 24.0 Å². The number of hydrogen-bond donors (Lipinski definition) is 3. The van der Waals surface area contributed by atoms with Gasteiger partial charge in [0.1, 0.15) is 17.2 Å². The summed E-state index contributed by atoms with van der Waals surface area (Å²) in [6.45, 7) is 5.13. The molecule has 8 heteroatoms. The van der Waals surface area contributed by atoms with Crippen molar-refractivity contribution in [1.29, 1.82) is 0 Å². The molecular formula is C23H30FIN4O2. The van der Waals surface area contributed by atoms with E-state index in [0.717, 1.165) is 23.3 Å². The van der Waals surface area contributed by atoms with E-state index in [9.17, 15) is 9.18 Å². The Morgan fingerprint density at radius 2 is 1.81 bits per heavy atom. The number of ether oxygens (including phenoxy) is 1. The number of rotatable bonds is 6. The third kappa shape index (κ3) is 7.37. The largest absolute Gasteiger partial charge is 0.487 e. The van der Waals surface area contributed by atoms with Crippen LogP contribution in [0.25, 0.3) is 0 Å². The molecule has 6 nitrogen and oxygen atoms in total. The van der Waals surface area contributed by atoms with Gasteiger partial charge >= 0.3 is 0 Å². The molecule has 1 aliphatic heterocycles. The third-order valence-electron chi connectivity index (χ3n) is 4.93. The van der Waals surface area contributed by atoms with Crippen molar-refractivity contribution in [3.8, 4) is 5.75 Å². The number of hydrogen-bond acceptors (Lipinski definition) is 3. The van der Waals surface area contributed by atoms with Crippen molar-refractivity contribution in [2.24, 2.45) is 4.99 Å². The van der Waals surface area contributed by atoms with E-state index >= 15 is 0 Å². The average Bonchev–Trinajstić information content (AvgIpc) is 2.71. The first-order valence-electron chi connectivity index (χ1n) is 10.1. The number of benzene rings is 2. The van der Waals surface area contributed by atoms with E-state index in [1.807, 2.05) is 18.2 Å². The van der Waals surface area contributed by atoms with Crippen molar-refractivity contribution in [2.45, 2.75) is 38.3 Å². The van der Waals surface area contributed by atoms with Crippen molar-refractivity contribution in [2.75, 3.05) is 20.1 Å². The molecule has 2 aromatic carbocycles. The maximum atomic E-state index is 12.9. The smallest absolute Gasteiger partial charge is 0.224 e. The molecule has 0 aromatic heterocycles. The van der Waals surface area contributed by atoms with Crippen LogP contribution in [-0.2, 0) is 11.2 Å². The number of nitrogens with one attached hydrogen (secondary N) is 3. The van der Waals surface area contributed by atoms with Crippen LogP contribution in [-0.4, -0.2) is 37.6 Å². The molecular weight excluding hydrogens is 510 g/mol. The molecule has 0 spiro atoms. The first-order chi connectivity index (χ1) is 14.4. The summed E-state index contributed by atoms with van der Waals surface area (Å²) < 4.78 is 19.0. The van der Waals surface area contributed by atoms with Crippen molar-refractivity contribution >= 4 is 35.8 Å². The van der Waals surface area contributed by atoms with E-state index in [1.165, 1.54) is 12.1 Å². The fourth-order valence-electron chi connectivity index (χ4n) is 3.52. The van der Waals surface area contributed by atoms with Crippen LogP contribution in [0.1, 0.15) is 37.4 Å². The maximum Gasteiger partial charge on any atom is 0.224 e. The highest BCUT2D eigenvalue weighted by atomic mass is 127. The lowest BCUT2D eigenvalue weighted by atomic mass is 9.90. The summed E-state index contributed by atoms with van der Waals surface area (Å²) in [4.78, 5) is 16.3. The van der Waals surface area contributed by atoms with Gasteiger partial charge in [0.25, 0.3) is 0 Å². The van der Waals surface area contributed by atoms with Gasteiger partial charge in [-0.05, 0) is 37.6 Å². The van der Waals surface area contributed by atoms with Gasteiger partial charge in [0.2, 0.25) is 5.91 Å². The molecule has 1 atom stereocenters. The summed E-state index contributed by atoms with van der Waals surface area (Å²) in [5.41, 5.74) is 1.60. The van der Waals surface area contributed by atoms with Gasteiger partial charge in [-0.25, -0.2) is 4.39 Å². The molecule has 1 aliphatic rings. The molecule has 1 amide bonds. The van der Waals surface area contributed by atoms with Crippen LogP contribution < -0.4 is 20.7 Å². The third-order valence-corrected chi connectivity index (χ3v) is 4.93. The van der Waals surface area contributed by atoms with Gasteiger partial charge in [-0.2, -0.15) is 0 Å². The fraction of sp³-hybridized carbons (Fsp3) is 0.391. The first-order valence-corrected chi connectivity index (χ1v) is 10.1. The summed E-state index contributed by atoms with van der Waals surface area (Å²) in [5.74, 6) is 1.14. The fourth-order valence-corrected chi connectivity index (χ4v) is 3.52. The summed E-state index contributed by atoms with van der Waals surface area (Å²) in [6.07, 6.45) is 1.03. The second-order valence-electron chi connectivity index (χ2n) is 7.95. The summed E-state index contributed by atoms with van der Waals surface area (Å²) in [7, 11) is 1.72. The predicted molar refractivity (Wildman–Crippen MR) is 132 cm³/mol. The van der Waals surface area contributed by atoms with Crippen LogP contribution in [0.3, 0.4) is 0 Å². The van der Waals surface area contributed by atoms with Crippen molar-refractivity contribution in [3.63, 3.8) is 0 Å². The lowest BCUT2D eigenvalue weighted by Crippen LogP contribution is -2.46. The van der Waals surface area contributed by atoms with Crippen molar-refractivity contribution < 1.29 is 13.9 Å². The Kier molecular flexibility index (Phi) is 9.09. The van der Waals surface area contributed by atoms with Gasteiger partial charge in [-0.1, -0.05) is 30.3 Å². The maximum absolute atomic E-state index is 12.9. The van der Waals surface area contributed by atoms with Crippen LogP contribution >= 0.6 is 24.0 Å². The zero-order chi connectivity index (χ0) is 21.6. The minimum Gasteiger partial charge on any atom is -0.487 e. The van der Waals surface area contributed by atoms with Gasteiger partial charge in [0, 0.05) is 32.1 Å². The van der Waals surface area contributed by atoms with E-state index in [0.29, 0.717) is 19.0 Å². The van der Waals surface area contributed by atoms with Crippen LogP contribution in [0.5, 0.6) is 5.75 Å². The van der Waals surface area contributed by atoms with Gasteiger partial charge in [-0.3, -0.25) is 9.79 Å². The molecule has 0 saturated carbocycles. The number of guanidine groups is 1. The molecule has 0 saturated heterocycles. The molecule has 1 unspecified atom stereocenters. The van der Waals surface area contributed by atoms with Gasteiger partial charge in [0.05, 0.1) is 12.5 Å². The summed E-state index contributed by atoms with van der Waals surface area (Å²) in [5, 5.41) is 9.56. The molecule has 0 aliphatic carbocycles. The Morgan fingerprint density at radius 1 is 1.13 bits per heavy atom. The molecule has 0 bridgehead atoms. The van der Waals surface area contributed by atoms with Crippen molar-refractivity contribution in [1.82, 2.24) is 16.0 Å². The van der Waals surface area contributed by atoms with Crippen molar-refractivity contribution in [3.05, 3.63) is 65.5 Å². The number of nitrogens with zero attached hydrogens (tertiary/aromatic N) is 1. The van der Waals surface area contributed by atoms with Gasteiger partial charge < -0.3 is 20.7 Å². The molecule has 3 N–H and O–H groups in total. The molecule has 1 heterocycles. The molecule has 168 valence electrons. The zero-order valence-corrected chi connectivity index (χ0v) is 20.4. The number of aliphatic imine (C=N–C) groups is 1. The Morgan fingerprint density at radius 3 is 2.52 bits per heavy atom. The molecule has 3 rings (SSSR count). The number of para-hydroxylation sites is 1. The van der Waals surface area contributed by atoms with E-state index in [4.69, 9.17) is 4.74 Å². The summed E-state index contributed by atoms with van der Waals surface area (Å²) in [6, 6.07) is 14.0. The average molecular weight is 540 g/mol. The monoisotopic (exact) mass is 540 g/mol. The van der Waals surface area contributed by atoms with E-state index in [1.54, 1.807) is 19.2 Å². The first kappa shape index (κ1) is 24.9. The lowest BCUT2D eigenvalue weighted by molar-refractivity contribution is -0.120. The Labute approximate surface area is 200 Å². The van der Waals surface area contributed by atoms with Crippen LogP contribution in [0, 0.1) is 5.82 Å². The highest BCUT2D eigenvalue weighted by molar-refractivity contribution is 14.0. The van der Waals surface area contributed by atoms with E-state index < -0.39 is 0 Å². The Bertz CT molecular complexity index is 903. The zero-order valence-electron chi connectivity index (χ0n) is 18.1. The number of fused-ring (bicyclic) bond motifs is 1. The topological polar surface area (TPSA) is 74.8 Å². The number of carbonyl (C=O) groups is 1. The Balaban J connectivity index is 0.00000341. The Hall–Kier alpha value is -2.36. The summed E-state index contributed by atoms with van der Waals surface area (Å²) >= 11 is 0. The number of halogens is 2. The molecule has 0 radical (unpaired) electrons. The quantitative estimate of drug-likeness (QED) is 0.227. The minimum atomic E-state index is -0.308. The lowest BCUT2D eigenvalue weighted by Gasteiger charge is -2.38. The highest BCUT2D eigenvalue weighted by Crippen LogP contribution is 2.39. The SMILES string of the molecule is CN=C(NCCNC(=O)Cc1ccc(F)cc1)NC1CC(C)(C)Oc2ccccc21.I. The second-order valence-corrected chi connectivity index (χ2v) is 7.95. The predicted octanol–water partition coefficient (Wildman–Crippen LogP) is 3.57. The number of amides is 1. The number of carbonyl (C=O) groups excluding carboxylic acids is 1. The second kappa shape index (κ2) is 11.3. The van der Waals surface area contributed by atoms with Crippen LogP contribution in [0.4, 0.5) is 4.39 Å². The molecule has 2 aromatic rings. The van der Waals surface area contributed by atoms with Crippen LogP contribution in [0.15, 0.2) is 53.5 Å². The van der Waals surface area contributed by atoms with Gasteiger partial charge in [0.15, 0.2) is 5.96 Å². The van der Waals surface area contributed by atoms with Crippen LogP contribution in [0.2, 0.25) is 0 Å². The standard InChI is InChI=1S/C23H29FN4O2.HI/c1-23(2)15-19(18-6-4-5-7-20(18)30-23)28-22(25-3)27-13-12-26-21(29)14-16-8-10-17(24)11-9-16;/h4-11,19H,12-15H2,1-3H3,(H,26,29)(H2,25,27,28);1H.